The molecule has 0 unspecified atom stereocenters. The van der Waals surface area contributed by atoms with E-state index in [0.29, 0.717) is 5.56 Å². The van der Waals surface area contributed by atoms with Gasteiger partial charge in [0.05, 0.1) is 36.9 Å². The van der Waals surface area contributed by atoms with Crippen molar-refractivity contribution in [2.45, 2.75) is 19.9 Å². The Morgan fingerprint density at radius 1 is 1.73 bits per heavy atom. The first-order valence-electron chi connectivity index (χ1n) is 4.30. The number of aromatic nitrogens is 2. The van der Waals surface area contributed by atoms with Gasteiger partial charge in [0.15, 0.2) is 0 Å². The van der Waals surface area contributed by atoms with Gasteiger partial charge in [-0.25, -0.2) is 0 Å². The Bertz CT molecular complexity index is 385. The van der Waals surface area contributed by atoms with Crippen LogP contribution in [-0.4, -0.2) is 27.8 Å². The van der Waals surface area contributed by atoms with Crippen molar-refractivity contribution in [2.24, 2.45) is 0 Å². The van der Waals surface area contributed by atoms with Gasteiger partial charge in [-0.15, -0.1) is 0 Å². The second-order valence-electron chi connectivity index (χ2n) is 2.98. The molecular formula is C8H11N3O4. The highest BCUT2D eigenvalue weighted by molar-refractivity contribution is 5.68. The minimum atomic E-state index is -0.552. The molecule has 1 rings (SSSR count). The van der Waals surface area contributed by atoms with Gasteiger partial charge in [-0.2, -0.15) is 4.68 Å². The highest BCUT2D eigenvalue weighted by Gasteiger charge is 2.17. The summed E-state index contributed by atoms with van der Waals surface area (Å²) in [5, 5.41) is 14.2. The van der Waals surface area contributed by atoms with Crippen LogP contribution in [0.4, 0.5) is 5.82 Å². The number of ether oxygens (including phenoxy) is 1. The number of methoxy groups -OCH3 is 1. The molecule has 0 radical (unpaired) electrons. The van der Waals surface area contributed by atoms with Crippen LogP contribution in [-0.2, 0) is 16.1 Å². The fourth-order valence-electron chi connectivity index (χ4n) is 1.11. The molecule has 0 saturated heterocycles. The number of nitro groups is 1. The van der Waals surface area contributed by atoms with Crippen molar-refractivity contribution in [1.82, 2.24) is 9.78 Å². The lowest BCUT2D eigenvalue weighted by molar-refractivity contribution is -0.390. The van der Waals surface area contributed by atoms with Crippen LogP contribution in [0, 0.1) is 17.0 Å². The first-order chi connectivity index (χ1) is 7.04. The molecule has 0 amide bonds. The number of rotatable bonds is 4. The summed E-state index contributed by atoms with van der Waals surface area (Å²) in [6.45, 7) is 1.88. The Labute approximate surface area is 85.8 Å². The van der Waals surface area contributed by atoms with Gasteiger partial charge in [0.1, 0.15) is 0 Å². The average molecular weight is 213 g/mol. The molecule has 0 aliphatic carbocycles. The number of hydrogen-bond acceptors (Lipinski definition) is 5. The molecule has 0 atom stereocenters. The van der Waals surface area contributed by atoms with E-state index in [1.165, 1.54) is 18.0 Å². The molecule has 1 heterocycles. The fraction of sp³-hybridized carbons (Fsp3) is 0.500. The van der Waals surface area contributed by atoms with E-state index in [2.05, 4.69) is 9.84 Å². The summed E-state index contributed by atoms with van der Waals surface area (Å²) in [5.41, 5.74) is 0.477. The largest absolute Gasteiger partial charge is 0.469 e. The van der Waals surface area contributed by atoms with Crippen molar-refractivity contribution < 1.29 is 14.5 Å². The standard InChI is InChI=1S/C8H11N3O4/c1-6-5-10(4-3-7(12)15-2)9-8(6)11(13)14/h5H,3-4H2,1-2H3. The van der Waals surface area contributed by atoms with Crippen molar-refractivity contribution in [3.63, 3.8) is 0 Å². The first-order valence-corrected chi connectivity index (χ1v) is 4.30. The van der Waals surface area contributed by atoms with Crippen LogP contribution in [0.1, 0.15) is 12.0 Å². The molecule has 0 spiro atoms. The Morgan fingerprint density at radius 2 is 2.40 bits per heavy atom. The van der Waals surface area contributed by atoms with Gasteiger partial charge in [-0.05, 0) is 11.8 Å². The van der Waals surface area contributed by atoms with E-state index in [1.807, 2.05) is 0 Å². The Kier molecular flexibility index (Phi) is 3.37. The minimum Gasteiger partial charge on any atom is -0.469 e. The molecular weight excluding hydrogens is 202 g/mol. The highest BCUT2D eigenvalue weighted by atomic mass is 16.6. The monoisotopic (exact) mass is 213 g/mol. The molecule has 0 bridgehead atoms. The maximum absolute atomic E-state index is 10.8. The molecule has 0 aromatic carbocycles. The molecule has 0 aliphatic rings. The number of nitrogens with zero attached hydrogens (tertiary/aromatic N) is 3. The van der Waals surface area contributed by atoms with Crippen molar-refractivity contribution in [2.75, 3.05) is 7.11 Å². The van der Waals surface area contributed by atoms with E-state index in [-0.39, 0.29) is 24.8 Å². The summed E-state index contributed by atoms with van der Waals surface area (Å²) < 4.78 is 5.81. The Morgan fingerprint density at radius 3 is 2.87 bits per heavy atom. The predicted molar refractivity (Wildman–Crippen MR) is 50.3 cm³/mol. The second-order valence-corrected chi connectivity index (χ2v) is 2.98. The van der Waals surface area contributed by atoms with Gasteiger partial charge < -0.3 is 14.9 Å². The molecule has 0 N–H and O–H groups in total. The molecule has 1 aromatic rings. The molecule has 82 valence electrons. The van der Waals surface area contributed by atoms with Crippen molar-refractivity contribution in [1.29, 1.82) is 0 Å². The highest BCUT2D eigenvalue weighted by Crippen LogP contribution is 2.13. The SMILES string of the molecule is COC(=O)CCn1cc(C)c([N+](=O)[O-])n1. The van der Waals surface area contributed by atoms with E-state index >= 15 is 0 Å². The third-order valence-corrected chi connectivity index (χ3v) is 1.86. The third-order valence-electron chi connectivity index (χ3n) is 1.86. The number of esters is 1. The van der Waals surface area contributed by atoms with Crippen molar-refractivity contribution in [3.8, 4) is 0 Å². The second kappa shape index (κ2) is 4.54. The topological polar surface area (TPSA) is 87.3 Å². The van der Waals surface area contributed by atoms with Gasteiger partial charge in [0, 0.05) is 0 Å². The molecule has 0 saturated carbocycles. The first kappa shape index (κ1) is 11.2. The van der Waals surface area contributed by atoms with Crippen LogP contribution in [0.5, 0.6) is 0 Å². The lowest BCUT2D eigenvalue weighted by atomic mass is 10.4. The van der Waals surface area contributed by atoms with Crippen molar-refractivity contribution in [3.05, 3.63) is 21.9 Å². The van der Waals surface area contributed by atoms with Gasteiger partial charge in [0.25, 0.3) is 0 Å². The van der Waals surface area contributed by atoms with E-state index in [0.717, 1.165) is 0 Å². The quantitative estimate of drug-likeness (QED) is 0.416. The molecule has 1 aromatic heterocycles. The maximum atomic E-state index is 10.8. The van der Waals surface area contributed by atoms with Gasteiger partial charge in [-0.1, -0.05) is 0 Å². The van der Waals surface area contributed by atoms with Crippen LogP contribution >= 0.6 is 0 Å². The van der Waals surface area contributed by atoms with E-state index in [9.17, 15) is 14.9 Å². The average Bonchev–Trinajstić information content (AvgIpc) is 2.56. The van der Waals surface area contributed by atoms with Crippen LogP contribution in [0.25, 0.3) is 0 Å². The number of hydrogen-bond donors (Lipinski definition) is 0. The smallest absolute Gasteiger partial charge is 0.392 e. The van der Waals surface area contributed by atoms with Crippen LogP contribution in [0.3, 0.4) is 0 Å². The Hall–Kier alpha value is -1.92. The fourth-order valence-corrected chi connectivity index (χ4v) is 1.11. The lowest BCUT2D eigenvalue weighted by Gasteiger charge is -1.95. The van der Waals surface area contributed by atoms with Gasteiger partial charge in [0.2, 0.25) is 0 Å². The lowest BCUT2D eigenvalue weighted by Crippen LogP contribution is -2.07. The van der Waals surface area contributed by atoms with E-state index in [1.54, 1.807) is 6.92 Å². The van der Waals surface area contributed by atoms with Gasteiger partial charge in [-0.3, -0.25) is 4.79 Å². The van der Waals surface area contributed by atoms with Crippen LogP contribution < -0.4 is 0 Å². The van der Waals surface area contributed by atoms with Crippen LogP contribution in [0.2, 0.25) is 0 Å². The summed E-state index contributed by atoms with van der Waals surface area (Å²) in [7, 11) is 1.29. The molecule has 7 nitrogen and oxygen atoms in total. The van der Waals surface area contributed by atoms with Crippen molar-refractivity contribution >= 4 is 11.8 Å². The third kappa shape index (κ3) is 2.76. The number of carbonyl (C=O) groups excluding carboxylic acids is 1. The van der Waals surface area contributed by atoms with E-state index in [4.69, 9.17) is 0 Å². The molecule has 7 heteroatoms. The summed E-state index contributed by atoms with van der Waals surface area (Å²) in [4.78, 5) is 20.7. The zero-order valence-corrected chi connectivity index (χ0v) is 8.47. The van der Waals surface area contributed by atoms with Crippen LogP contribution in [0.15, 0.2) is 6.20 Å². The maximum Gasteiger partial charge on any atom is 0.392 e. The molecule has 0 aliphatic heterocycles. The minimum absolute atomic E-state index is 0.148. The number of carbonyl (C=O) groups is 1. The molecule has 15 heavy (non-hydrogen) atoms. The van der Waals surface area contributed by atoms with E-state index < -0.39 is 4.92 Å². The summed E-state index contributed by atoms with van der Waals surface area (Å²) in [6, 6.07) is 0. The predicted octanol–water partition coefficient (Wildman–Crippen LogP) is 0.663. The summed E-state index contributed by atoms with van der Waals surface area (Å²) in [6.07, 6.45) is 1.68. The zero-order valence-electron chi connectivity index (χ0n) is 8.47. The normalized spacial score (nSPS) is 10.0. The summed E-state index contributed by atoms with van der Waals surface area (Å²) >= 11 is 0. The zero-order chi connectivity index (χ0) is 11.4. The number of aryl methyl sites for hydroxylation is 2. The molecule has 0 fully saturated rings. The summed E-state index contributed by atoms with van der Waals surface area (Å²) in [5.74, 6) is -0.550. The van der Waals surface area contributed by atoms with Gasteiger partial charge >= 0.3 is 11.8 Å². The Balaban J connectivity index is 2.67.